The maximum absolute atomic E-state index is 13.9. The van der Waals surface area contributed by atoms with Crippen LogP contribution in [0.5, 0.6) is 0 Å². The van der Waals surface area contributed by atoms with Gasteiger partial charge >= 0.3 is 0 Å². The summed E-state index contributed by atoms with van der Waals surface area (Å²) in [5.74, 6) is 0.663. The van der Waals surface area contributed by atoms with Crippen molar-refractivity contribution >= 4 is 35.7 Å². The molecule has 284 valence electrons. The van der Waals surface area contributed by atoms with Crippen LogP contribution in [0.2, 0.25) is 0 Å². The van der Waals surface area contributed by atoms with Crippen LogP contribution in [0.4, 0.5) is 11.4 Å². The van der Waals surface area contributed by atoms with Gasteiger partial charge in [0, 0.05) is 56.4 Å². The standard InChI is InChI=1S/C39H45N3OS.C5H12O.CH2O2/c1-8-34-27(5)38-37(28(6)36(34)30-11-9-26(4)10-12-30)35-23-31(13-14-32(35)24-42(38)44-7)39(43)41-21-19-40(20-22-41)33-17-15-29(16-18-33)25(2)3;1-5(2,3)6-4;2-1-3/h9-18,23,25H,8,19-22,24H2,1-7H3;1-4H3;1H,(H,2,3). The van der Waals surface area contributed by atoms with Crippen LogP contribution >= 0.6 is 11.9 Å². The number of ether oxygens (including phenoxy) is 1. The van der Waals surface area contributed by atoms with Gasteiger partial charge in [0.1, 0.15) is 0 Å². The molecule has 4 aromatic carbocycles. The molecule has 6 rings (SSSR count). The highest BCUT2D eigenvalue weighted by molar-refractivity contribution is 7.99. The first-order chi connectivity index (χ1) is 25.2. The second kappa shape index (κ2) is 18.2. The van der Waals surface area contributed by atoms with Crippen molar-refractivity contribution in [2.75, 3.05) is 48.7 Å². The molecule has 2 heterocycles. The lowest BCUT2D eigenvalue weighted by molar-refractivity contribution is -0.122. The minimum Gasteiger partial charge on any atom is -0.483 e. The van der Waals surface area contributed by atoms with Gasteiger partial charge in [-0.1, -0.05) is 80.7 Å². The fourth-order valence-electron chi connectivity index (χ4n) is 7.13. The van der Waals surface area contributed by atoms with Crippen molar-refractivity contribution in [3.05, 3.63) is 106 Å². The molecule has 0 radical (unpaired) electrons. The first-order valence-electron chi connectivity index (χ1n) is 18.6. The smallest absolute Gasteiger partial charge is 0.290 e. The van der Waals surface area contributed by atoms with E-state index in [4.69, 9.17) is 14.6 Å². The molecule has 2 aliphatic rings. The third-order valence-electron chi connectivity index (χ3n) is 10.3. The number of hydrogen-bond acceptors (Lipinski definition) is 6. The number of rotatable bonds is 6. The van der Waals surface area contributed by atoms with Crippen molar-refractivity contribution < 1.29 is 19.4 Å². The number of amides is 1. The maximum Gasteiger partial charge on any atom is 0.290 e. The summed E-state index contributed by atoms with van der Waals surface area (Å²) in [6, 6.07) is 24.3. The molecule has 7 nitrogen and oxygen atoms in total. The average molecular weight is 738 g/mol. The number of aryl methyl sites for hydroxylation is 1. The first kappa shape index (κ1) is 41.5. The van der Waals surface area contributed by atoms with Crippen molar-refractivity contribution in [3.63, 3.8) is 0 Å². The Morgan fingerprint density at radius 2 is 1.49 bits per heavy atom. The van der Waals surface area contributed by atoms with E-state index >= 15 is 0 Å². The minimum absolute atomic E-state index is 0.0417. The number of methoxy groups -OCH3 is 1. The van der Waals surface area contributed by atoms with Crippen LogP contribution < -0.4 is 9.21 Å². The van der Waals surface area contributed by atoms with Crippen molar-refractivity contribution in [3.8, 4) is 22.3 Å². The largest absolute Gasteiger partial charge is 0.483 e. The van der Waals surface area contributed by atoms with Gasteiger partial charge in [0.15, 0.2) is 0 Å². The van der Waals surface area contributed by atoms with Gasteiger partial charge in [0.05, 0.1) is 17.8 Å². The van der Waals surface area contributed by atoms with Crippen molar-refractivity contribution in [1.29, 1.82) is 0 Å². The van der Waals surface area contributed by atoms with Gasteiger partial charge < -0.3 is 23.9 Å². The Bertz CT molecular complexity index is 1860. The molecule has 2 aliphatic heterocycles. The summed E-state index contributed by atoms with van der Waals surface area (Å²) in [6.45, 7) is 23.2. The highest BCUT2D eigenvalue weighted by Gasteiger charge is 2.31. The number of nitrogens with zero attached hydrogens (tertiary/aromatic N) is 3. The summed E-state index contributed by atoms with van der Waals surface area (Å²) in [7, 11) is 1.71. The van der Waals surface area contributed by atoms with E-state index < -0.39 is 0 Å². The van der Waals surface area contributed by atoms with Crippen molar-refractivity contribution in [2.45, 2.75) is 86.8 Å². The lowest BCUT2D eigenvalue weighted by Gasteiger charge is -2.37. The average Bonchev–Trinajstić information content (AvgIpc) is 3.15. The number of carbonyl (C=O) groups excluding carboxylic acids is 1. The number of fused-ring (bicyclic) bond motifs is 3. The van der Waals surface area contributed by atoms with E-state index in [1.54, 1.807) is 19.1 Å². The van der Waals surface area contributed by atoms with E-state index in [1.807, 2.05) is 31.7 Å². The molecule has 0 aromatic heterocycles. The Balaban J connectivity index is 0.000000626. The Labute approximate surface area is 322 Å². The minimum atomic E-state index is -0.250. The summed E-state index contributed by atoms with van der Waals surface area (Å²) in [5.41, 5.74) is 16.4. The van der Waals surface area contributed by atoms with Gasteiger partial charge in [-0.25, -0.2) is 0 Å². The van der Waals surface area contributed by atoms with Gasteiger partial charge in [-0.05, 0) is 123 Å². The number of carboxylic acid groups (broad SMARTS) is 1. The highest BCUT2D eigenvalue weighted by atomic mass is 32.2. The van der Waals surface area contributed by atoms with Gasteiger partial charge in [-0.3, -0.25) is 9.59 Å². The van der Waals surface area contributed by atoms with E-state index in [0.717, 1.165) is 44.7 Å². The van der Waals surface area contributed by atoms with Gasteiger partial charge in [0.25, 0.3) is 12.4 Å². The van der Waals surface area contributed by atoms with Crippen LogP contribution in [0, 0.1) is 20.8 Å². The monoisotopic (exact) mass is 737 g/mol. The molecule has 0 aliphatic carbocycles. The second-order valence-corrected chi connectivity index (χ2v) is 15.9. The van der Waals surface area contributed by atoms with Crippen molar-refractivity contribution in [2.24, 2.45) is 0 Å². The molecule has 0 unspecified atom stereocenters. The topological polar surface area (TPSA) is 73.3 Å². The Kier molecular flexibility index (Phi) is 14.2. The van der Waals surface area contributed by atoms with Crippen LogP contribution in [-0.4, -0.2) is 67.5 Å². The molecule has 0 saturated carbocycles. The maximum atomic E-state index is 13.9. The summed E-state index contributed by atoms with van der Waals surface area (Å²) in [4.78, 5) is 26.7. The molecule has 4 aromatic rings. The van der Waals surface area contributed by atoms with Gasteiger partial charge in [-0.2, -0.15) is 0 Å². The van der Waals surface area contributed by atoms with E-state index in [1.165, 1.54) is 67.0 Å². The quantitative estimate of drug-likeness (QED) is 0.156. The number of hydrogen-bond donors (Lipinski definition) is 1. The Morgan fingerprint density at radius 3 is 2.00 bits per heavy atom. The fraction of sp³-hybridized carbons (Fsp3) is 0.422. The number of anilines is 2. The summed E-state index contributed by atoms with van der Waals surface area (Å²) < 4.78 is 7.37. The summed E-state index contributed by atoms with van der Waals surface area (Å²) >= 11 is 1.78. The Hall–Kier alpha value is -4.27. The van der Waals surface area contributed by atoms with Crippen molar-refractivity contribution in [1.82, 2.24) is 4.90 Å². The lowest BCUT2D eigenvalue weighted by Crippen LogP contribution is -2.48. The molecule has 0 spiro atoms. The molecular weight excluding hydrogens is 679 g/mol. The van der Waals surface area contributed by atoms with E-state index in [9.17, 15) is 4.79 Å². The van der Waals surface area contributed by atoms with E-state index in [0.29, 0.717) is 5.92 Å². The first-order valence-corrected chi connectivity index (χ1v) is 19.8. The summed E-state index contributed by atoms with van der Waals surface area (Å²) in [5, 5.41) is 6.89. The predicted molar refractivity (Wildman–Crippen MR) is 225 cm³/mol. The molecule has 1 fully saturated rings. The zero-order valence-corrected chi connectivity index (χ0v) is 34.5. The fourth-order valence-corrected chi connectivity index (χ4v) is 7.81. The normalized spacial score (nSPS) is 13.7. The van der Waals surface area contributed by atoms with Crippen LogP contribution in [0.1, 0.15) is 91.2 Å². The lowest BCUT2D eigenvalue weighted by atomic mass is 9.80. The molecule has 8 heteroatoms. The zero-order valence-electron chi connectivity index (χ0n) is 33.7. The number of carbonyl (C=O) groups is 2. The second-order valence-electron chi connectivity index (χ2n) is 15.1. The third-order valence-corrected chi connectivity index (χ3v) is 11.1. The van der Waals surface area contributed by atoms with Gasteiger partial charge in [0.2, 0.25) is 0 Å². The molecule has 1 N–H and O–H groups in total. The third kappa shape index (κ3) is 9.64. The molecule has 0 bridgehead atoms. The molecule has 1 amide bonds. The molecule has 53 heavy (non-hydrogen) atoms. The van der Waals surface area contributed by atoms with Gasteiger partial charge in [-0.15, -0.1) is 0 Å². The van der Waals surface area contributed by atoms with E-state index in [-0.39, 0.29) is 18.0 Å². The SMILES string of the molecule is CCc1c(C)c2c(c(C)c1-c1ccc(C)cc1)-c1cc(C(=O)N3CCN(c4ccc(C(C)C)cc4)CC3)ccc1CN2SC.COC(C)(C)C.O=CO. The molecular formula is C45H59N3O4S. The van der Waals surface area contributed by atoms with Crippen LogP contribution in [-0.2, 0) is 22.5 Å². The highest BCUT2D eigenvalue weighted by Crippen LogP contribution is 2.50. The summed E-state index contributed by atoms with van der Waals surface area (Å²) in [6.07, 6.45) is 3.14. The zero-order chi connectivity index (χ0) is 39.0. The molecule has 1 saturated heterocycles. The van der Waals surface area contributed by atoms with Crippen LogP contribution in [0.15, 0.2) is 66.7 Å². The Morgan fingerprint density at radius 1 is 0.906 bits per heavy atom. The molecule has 0 atom stereocenters. The number of benzene rings is 4. The van der Waals surface area contributed by atoms with E-state index in [2.05, 4.69) is 118 Å². The van der Waals surface area contributed by atoms with Crippen LogP contribution in [0.3, 0.4) is 0 Å². The van der Waals surface area contributed by atoms with Crippen LogP contribution in [0.25, 0.3) is 22.3 Å². The predicted octanol–water partition coefficient (Wildman–Crippen LogP) is 10.3. The number of piperazine rings is 1.